The van der Waals surface area contributed by atoms with Crippen LogP contribution in [0.25, 0.3) is 0 Å². The van der Waals surface area contributed by atoms with Crippen LogP contribution in [0.15, 0.2) is 53.9 Å². The van der Waals surface area contributed by atoms with Crippen LogP contribution in [0.4, 0.5) is 8.78 Å². The number of Topliss-reactive ketones (excluding diaryl/α,β-unsaturated/α-hetero) is 1. The van der Waals surface area contributed by atoms with E-state index in [1.54, 1.807) is 18.2 Å². The van der Waals surface area contributed by atoms with Gasteiger partial charge in [0.15, 0.2) is 5.76 Å². The summed E-state index contributed by atoms with van der Waals surface area (Å²) in [5, 5.41) is 2.15. The predicted molar refractivity (Wildman–Crippen MR) is 90.3 cm³/mol. The largest absolute Gasteiger partial charge is 0.424 e. The van der Waals surface area contributed by atoms with E-state index in [1.165, 1.54) is 12.1 Å². The SMILES string of the molecule is CCCCCC(=O)OC1=C(NC(=O)c2ccccc2)C(=O)C(F)(F)C=C1. The number of unbranched alkanes of at least 4 members (excludes halogenated alkanes) is 2. The Morgan fingerprint density at radius 2 is 1.85 bits per heavy atom. The predicted octanol–water partition coefficient (Wildman–Crippen LogP) is 3.53. The Balaban J connectivity index is 2.22. The number of amides is 1. The first kappa shape index (κ1) is 19.5. The molecule has 0 aromatic heterocycles. The maximum atomic E-state index is 13.7. The minimum Gasteiger partial charge on any atom is -0.424 e. The number of benzene rings is 1. The molecule has 0 atom stereocenters. The lowest BCUT2D eigenvalue weighted by atomic mass is 10.0. The lowest BCUT2D eigenvalue weighted by molar-refractivity contribution is -0.140. The summed E-state index contributed by atoms with van der Waals surface area (Å²) in [4.78, 5) is 36.1. The van der Waals surface area contributed by atoms with Gasteiger partial charge in [0, 0.05) is 12.0 Å². The molecule has 0 bridgehead atoms. The van der Waals surface area contributed by atoms with Gasteiger partial charge in [-0.2, -0.15) is 8.78 Å². The molecule has 0 aliphatic heterocycles. The van der Waals surface area contributed by atoms with Crippen LogP contribution in [-0.4, -0.2) is 23.6 Å². The number of esters is 1. The second kappa shape index (κ2) is 8.51. The monoisotopic (exact) mass is 363 g/mol. The molecule has 2 rings (SSSR count). The number of allylic oxidation sites excluding steroid dienone is 3. The van der Waals surface area contributed by atoms with Gasteiger partial charge < -0.3 is 10.1 Å². The number of ether oxygens (including phenoxy) is 1. The van der Waals surface area contributed by atoms with Crippen LogP contribution in [0.1, 0.15) is 43.0 Å². The molecular formula is C19H19F2NO4. The maximum Gasteiger partial charge on any atom is 0.330 e. The van der Waals surface area contributed by atoms with Gasteiger partial charge in [-0.15, -0.1) is 0 Å². The number of carbonyl (C=O) groups is 3. The number of hydrogen-bond acceptors (Lipinski definition) is 4. The van der Waals surface area contributed by atoms with Gasteiger partial charge in [0.1, 0.15) is 5.70 Å². The molecule has 1 amide bonds. The molecule has 1 N–H and O–H groups in total. The first-order valence-electron chi connectivity index (χ1n) is 8.28. The van der Waals surface area contributed by atoms with Gasteiger partial charge >= 0.3 is 11.9 Å². The molecule has 5 nitrogen and oxygen atoms in total. The van der Waals surface area contributed by atoms with Crippen molar-refractivity contribution in [2.24, 2.45) is 0 Å². The zero-order valence-electron chi connectivity index (χ0n) is 14.3. The van der Waals surface area contributed by atoms with Crippen LogP contribution in [0.2, 0.25) is 0 Å². The van der Waals surface area contributed by atoms with Gasteiger partial charge in [0.25, 0.3) is 11.7 Å². The molecule has 0 fully saturated rings. The summed E-state index contributed by atoms with van der Waals surface area (Å²) in [6.45, 7) is 1.97. The fourth-order valence-corrected chi connectivity index (χ4v) is 2.29. The van der Waals surface area contributed by atoms with Crippen LogP contribution in [0.5, 0.6) is 0 Å². The van der Waals surface area contributed by atoms with Gasteiger partial charge in [-0.25, -0.2) is 0 Å². The van der Waals surface area contributed by atoms with Gasteiger partial charge in [0.05, 0.1) is 0 Å². The second-order valence-electron chi connectivity index (χ2n) is 5.78. The van der Waals surface area contributed by atoms with Crippen molar-refractivity contribution in [3.05, 3.63) is 59.5 Å². The van der Waals surface area contributed by atoms with Crippen LogP contribution >= 0.6 is 0 Å². The molecule has 26 heavy (non-hydrogen) atoms. The molecule has 0 saturated heterocycles. The summed E-state index contributed by atoms with van der Waals surface area (Å²) in [7, 11) is 0. The third kappa shape index (κ3) is 4.84. The van der Waals surface area contributed by atoms with Crippen molar-refractivity contribution in [1.82, 2.24) is 5.32 Å². The Labute approximate surface area is 149 Å². The van der Waals surface area contributed by atoms with Crippen molar-refractivity contribution in [1.29, 1.82) is 0 Å². The molecule has 1 aromatic carbocycles. The minimum atomic E-state index is -3.78. The molecule has 1 aliphatic carbocycles. The van der Waals surface area contributed by atoms with Crippen molar-refractivity contribution >= 4 is 17.7 Å². The molecule has 0 unspecified atom stereocenters. The van der Waals surface area contributed by atoms with Crippen LogP contribution in [0, 0.1) is 0 Å². The Hall–Kier alpha value is -2.83. The van der Waals surface area contributed by atoms with E-state index >= 15 is 0 Å². The minimum absolute atomic E-state index is 0.0929. The Bertz CT molecular complexity index is 754. The summed E-state index contributed by atoms with van der Waals surface area (Å²) < 4.78 is 32.4. The molecule has 0 heterocycles. The molecule has 1 aromatic rings. The normalized spacial score (nSPS) is 15.7. The highest BCUT2D eigenvalue weighted by molar-refractivity contribution is 6.08. The van der Waals surface area contributed by atoms with Crippen LogP contribution < -0.4 is 5.32 Å². The highest BCUT2D eigenvalue weighted by Gasteiger charge is 2.43. The van der Waals surface area contributed by atoms with E-state index in [0.717, 1.165) is 18.9 Å². The van der Waals surface area contributed by atoms with Crippen LogP contribution in [-0.2, 0) is 14.3 Å². The zero-order valence-corrected chi connectivity index (χ0v) is 14.3. The smallest absolute Gasteiger partial charge is 0.330 e. The number of hydrogen-bond donors (Lipinski definition) is 1. The van der Waals surface area contributed by atoms with E-state index in [0.29, 0.717) is 12.5 Å². The first-order chi connectivity index (χ1) is 12.3. The van der Waals surface area contributed by atoms with Gasteiger partial charge in [-0.3, -0.25) is 14.4 Å². The third-order valence-corrected chi connectivity index (χ3v) is 3.70. The van der Waals surface area contributed by atoms with Crippen molar-refractivity contribution in [2.75, 3.05) is 0 Å². The van der Waals surface area contributed by atoms with Crippen LogP contribution in [0.3, 0.4) is 0 Å². The van der Waals surface area contributed by atoms with Crippen molar-refractivity contribution < 1.29 is 27.9 Å². The summed E-state index contributed by atoms with van der Waals surface area (Å²) >= 11 is 0. The Morgan fingerprint density at radius 1 is 1.15 bits per heavy atom. The van der Waals surface area contributed by atoms with Crippen molar-refractivity contribution in [2.45, 2.75) is 38.5 Å². The van der Waals surface area contributed by atoms with E-state index < -0.39 is 29.3 Å². The molecule has 138 valence electrons. The molecule has 0 radical (unpaired) electrons. The number of carbonyl (C=O) groups excluding carboxylic acids is 3. The van der Waals surface area contributed by atoms with E-state index in [9.17, 15) is 23.2 Å². The lowest BCUT2D eigenvalue weighted by Gasteiger charge is -2.21. The average molecular weight is 363 g/mol. The number of ketones is 1. The van der Waals surface area contributed by atoms with Gasteiger partial charge in [0.2, 0.25) is 0 Å². The fourth-order valence-electron chi connectivity index (χ4n) is 2.29. The molecule has 0 spiro atoms. The van der Waals surface area contributed by atoms with Gasteiger partial charge in [-0.05, 0) is 30.7 Å². The summed E-state index contributed by atoms with van der Waals surface area (Å²) in [5.41, 5.74) is -0.547. The van der Waals surface area contributed by atoms with Crippen molar-refractivity contribution in [3.8, 4) is 0 Å². The number of alkyl halides is 2. The number of rotatable bonds is 7. The quantitative estimate of drug-likeness (QED) is 0.594. The maximum absolute atomic E-state index is 13.7. The second-order valence-corrected chi connectivity index (χ2v) is 5.78. The molecular weight excluding hydrogens is 344 g/mol. The molecule has 1 aliphatic rings. The highest BCUT2D eigenvalue weighted by atomic mass is 19.3. The topological polar surface area (TPSA) is 72.5 Å². The lowest BCUT2D eigenvalue weighted by Crippen LogP contribution is -2.39. The summed E-state index contributed by atoms with van der Waals surface area (Å²) in [6, 6.07) is 7.80. The van der Waals surface area contributed by atoms with E-state index in [4.69, 9.17) is 4.74 Å². The number of halogens is 2. The zero-order chi connectivity index (χ0) is 19.2. The van der Waals surface area contributed by atoms with Crippen molar-refractivity contribution in [3.63, 3.8) is 0 Å². The standard InChI is InChI=1S/C19H19F2NO4/c1-2-3-5-10-15(23)26-14-11-12-19(20,21)17(24)16(14)22-18(25)13-8-6-4-7-9-13/h4,6-9,11-12H,2-3,5,10H2,1H3,(H,22,25). The molecule has 7 heteroatoms. The first-order valence-corrected chi connectivity index (χ1v) is 8.28. The number of nitrogens with one attached hydrogen (secondary N) is 1. The summed E-state index contributed by atoms with van der Waals surface area (Å²) in [5.74, 6) is -7.19. The van der Waals surface area contributed by atoms with E-state index in [-0.39, 0.29) is 17.7 Å². The molecule has 0 saturated carbocycles. The fraction of sp³-hybridized carbons (Fsp3) is 0.316. The Kier molecular flexibility index (Phi) is 6.38. The average Bonchev–Trinajstić information content (AvgIpc) is 2.62. The highest BCUT2D eigenvalue weighted by Crippen LogP contribution is 2.28. The third-order valence-electron chi connectivity index (χ3n) is 3.70. The van der Waals surface area contributed by atoms with E-state index in [1.807, 2.05) is 6.92 Å². The van der Waals surface area contributed by atoms with Gasteiger partial charge in [-0.1, -0.05) is 38.0 Å². The van der Waals surface area contributed by atoms with E-state index in [2.05, 4.69) is 5.32 Å². The Morgan fingerprint density at radius 3 is 2.50 bits per heavy atom. The summed E-state index contributed by atoms with van der Waals surface area (Å²) in [6.07, 6.45) is 3.58.